The monoisotopic (exact) mass is 410 g/mol. The van der Waals surface area contributed by atoms with Crippen molar-refractivity contribution in [2.45, 2.75) is 19.6 Å². The minimum atomic E-state index is -0.668. The van der Waals surface area contributed by atoms with Crippen LogP contribution in [0.3, 0.4) is 0 Å². The zero-order valence-corrected chi connectivity index (χ0v) is 16.4. The smallest absolute Gasteiger partial charge is 0.332 e. The first kappa shape index (κ1) is 19.8. The minimum Gasteiger partial charge on any atom is -0.373 e. The van der Waals surface area contributed by atoms with Gasteiger partial charge in [0.2, 0.25) is 5.95 Å². The number of aromatic nitrogens is 4. The molecule has 10 nitrogen and oxygen atoms in total. The first-order valence-corrected chi connectivity index (χ1v) is 9.53. The average molecular weight is 410 g/mol. The molecule has 156 valence electrons. The van der Waals surface area contributed by atoms with Gasteiger partial charge in [-0.3, -0.25) is 19.1 Å². The van der Waals surface area contributed by atoms with E-state index in [4.69, 9.17) is 9.94 Å². The molecule has 1 aliphatic rings. The van der Waals surface area contributed by atoms with E-state index in [1.54, 1.807) is 27.0 Å². The number of ether oxygens (including phenoxy) is 1. The van der Waals surface area contributed by atoms with Gasteiger partial charge < -0.3 is 9.64 Å². The van der Waals surface area contributed by atoms with Crippen molar-refractivity contribution < 1.29 is 14.7 Å². The van der Waals surface area contributed by atoms with Gasteiger partial charge in [-0.2, -0.15) is 0 Å². The summed E-state index contributed by atoms with van der Waals surface area (Å²) in [4.78, 5) is 34.5. The molecule has 1 unspecified atom stereocenters. The largest absolute Gasteiger partial charge is 0.373 e. The number of benzene rings is 1. The van der Waals surface area contributed by atoms with Crippen LogP contribution in [0.2, 0.25) is 0 Å². The molecule has 1 aliphatic heterocycles. The van der Waals surface area contributed by atoms with Crippen LogP contribution in [0.15, 0.2) is 53.8 Å². The summed E-state index contributed by atoms with van der Waals surface area (Å²) in [5.41, 5.74) is 3.49. The van der Waals surface area contributed by atoms with Crippen molar-refractivity contribution >= 4 is 11.9 Å². The molecule has 1 amide bonds. The summed E-state index contributed by atoms with van der Waals surface area (Å²) < 4.78 is 9.08. The van der Waals surface area contributed by atoms with Gasteiger partial charge in [0.1, 0.15) is 0 Å². The summed E-state index contributed by atoms with van der Waals surface area (Å²) in [5.74, 6) is -0.207. The van der Waals surface area contributed by atoms with Gasteiger partial charge in [0.15, 0.2) is 0 Å². The lowest BCUT2D eigenvalue weighted by Gasteiger charge is -2.32. The number of carbonyl (C=O) groups is 1. The normalized spacial score (nSPS) is 16.5. The van der Waals surface area contributed by atoms with Crippen LogP contribution < -0.4 is 16.1 Å². The summed E-state index contributed by atoms with van der Waals surface area (Å²) >= 11 is 0. The van der Waals surface area contributed by atoms with Crippen LogP contribution in [0.1, 0.15) is 15.9 Å². The predicted octanol–water partition coefficient (Wildman–Crippen LogP) is 0.762. The van der Waals surface area contributed by atoms with Crippen molar-refractivity contribution in [3.8, 4) is 5.69 Å². The van der Waals surface area contributed by atoms with E-state index >= 15 is 0 Å². The van der Waals surface area contributed by atoms with E-state index in [1.807, 2.05) is 36.1 Å². The summed E-state index contributed by atoms with van der Waals surface area (Å²) in [6, 6.07) is 7.77. The van der Waals surface area contributed by atoms with Gasteiger partial charge in [0, 0.05) is 37.9 Å². The van der Waals surface area contributed by atoms with Crippen molar-refractivity contribution in [3.05, 3.63) is 70.7 Å². The number of nitrogens with zero attached hydrogens (tertiary/aromatic N) is 5. The highest BCUT2D eigenvalue weighted by molar-refractivity contribution is 5.92. The van der Waals surface area contributed by atoms with E-state index < -0.39 is 5.91 Å². The Morgan fingerprint density at radius 3 is 2.83 bits per heavy atom. The number of anilines is 1. The number of carbonyl (C=O) groups excluding carboxylic acids is 1. The first-order chi connectivity index (χ1) is 14.5. The molecule has 30 heavy (non-hydrogen) atoms. The van der Waals surface area contributed by atoms with Crippen molar-refractivity contribution in [1.29, 1.82) is 0 Å². The summed E-state index contributed by atoms with van der Waals surface area (Å²) in [6.45, 7) is 3.97. The second kappa shape index (κ2) is 8.47. The van der Waals surface area contributed by atoms with E-state index in [0.717, 1.165) is 11.3 Å². The Balaban J connectivity index is 1.46. The second-order valence-corrected chi connectivity index (χ2v) is 7.09. The molecule has 0 saturated carbocycles. The number of imidazole rings is 1. The predicted molar refractivity (Wildman–Crippen MR) is 108 cm³/mol. The van der Waals surface area contributed by atoms with Crippen molar-refractivity contribution in [2.24, 2.45) is 0 Å². The Labute approximate surface area is 172 Å². The van der Waals surface area contributed by atoms with E-state index in [1.165, 1.54) is 12.4 Å². The molecule has 0 aliphatic carbocycles. The highest BCUT2D eigenvalue weighted by atomic mass is 16.5. The lowest BCUT2D eigenvalue weighted by molar-refractivity contribution is 0.0284. The Morgan fingerprint density at radius 1 is 1.30 bits per heavy atom. The van der Waals surface area contributed by atoms with Gasteiger partial charge in [0.25, 0.3) is 5.91 Å². The Morgan fingerprint density at radius 2 is 2.10 bits per heavy atom. The van der Waals surface area contributed by atoms with Crippen LogP contribution in [0, 0.1) is 6.92 Å². The fraction of sp³-hybridized carbons (Fsp3) is 0.300. The fourth-order valence-electron chi connectivity index (χ4n) is 3.42. The molecule has 2 aromatic heterocycles. The third-order valence-electron chi connectivity index (χ3n) is 4.95. The molecular formula is C20H22N6O4. The number of hydrogen-bond donors (Lipinski definition) is 2. The zero-order valence-electron chi connectivity index (χ0n) is 16.4. The highest BCUT2D eigenvalue weighted by Crippen LogP contribution is 2.14. The number of hydrogen-bond acceptors (Lipinski definition) is 7. The topological polar surface area (TPSA) is 115 Å². The highest BCUT2D eigenvalue weighted by Gasteiger charge is 2.24. The van der Waals surface area contributed by atoms with E-state index in [9.17, 15) is 9.59 Å². The van der Waals surface area contributed by atoms with Gasteiger partial charge in [-0.05, 0) is 24.6 Å². The maximum Gasteiger partial charge on any atom is 0.332 e. The van der Waals surface area contributed by atoms with E-state index in [-0.39, 0.29) is 17.4 Å². The summed E-state index contributed by atoms with van der Waals surface area (Å²) in [5, 5.41) is 8.68. The molecule has 3 aromatic rings. The molecule has 1 aromatic carbocycles. The molecule has 3 heterocycles. The van der Waals surface area contributed by atoms with Gasteiger partial charge in [0.05, 0.1) is 30.5 Å². The quantitative estimate of drug-likeness (QED) is 0.471. The minimum absolute atomic E-state index is 0.128. The number of nitrogens with one attached hydrogen (secondary N) is 1. The van der Waals surface area contributed by atoms with Crippen LogP contribution in [0.4, 0.5) is 5.95 Å². The molecule has 1 atom stereocenters. The molecule has 1 saturated heterocycles. The van der Waals surface area contributed by atoms with Crippen molar-refractivity contribution in [2.75, 3.05) is 24.6 Å². The molecule has 2 N–H and O–H groups in total. The van der Waals surface area contributed by atoms with Gasteiger partial charge in [-0.15, -0.1) is 0 Å². The standard InChI is InChI=1S/C20H22N6O4/c1-14-3-2-4-16(9-14)26-6-5-25(20(26)28)13-17-12-24(7-8-30-17)19-21-10-15(11-22-19)18(27)23-29/h2-6,9-11,17,29H,7-8,12-13H2,1H3,(H,23,27). The molecular weight excluding hydrogens is 388 g/mol. The fourth-order valence-corrected chi connectivity index (χ4v) is 3.42. The van der Waals surface area contributed by atoms with Crippen LogP contribution in [0.5, 0.6) is 0 Å². The van der Waals surface area contributed by atoms with Crippen LogP contribution in [-0.4, -0.2) is 56.0 Å². The lowest BCUT2D eigenvalue weighted by Crippen LogP contribution is -2.46. The Bertz CT molecular complexity index is 1090. The summed E-state index contributed by atoms with van der Waals surface area (Å²) in [7, 11) is 0. The number of hydroxylamine groups is 1. The van der Waals surface area contributed by atoms with Gasteiger partial charge in [-0.1, -0.05) is 12.1 Å². The molecule has 10 heteroatoms. The molecule has 0 bridgehead atoms. The third kappa shape index (κ3) is 4.09. The first-order valence-electron chi connectivity index (χ1n) is 9.53. The number of amides is 1. The third-order valence-corrected chi connectivity index (χ3v) is 4.95. The molecule has 4 rings (SSSR count). The van der Waals surface area contributed by atoms with Crippen molar-refractivity contribution in [3.63, 3.8) is 0 Å². The van der Waals surface area contributed by atoms with Crippen molar-refractivity contribution in [1.82, 2.24) is 24.6 Å². The van der Waals surface area contributed by atoms with E-state index in [0.29, 0.717) is 32.2 Å². The number of morpholine rings is 1. The SMILES string of the molecule is Cc1cccc(-n2ccn(CC3CN(c4ncc(C(=O)NO)cn4)CCO3)c2=O)c1. The molecule has 0 spiro atoms. The maximum atomic E-state index is 12.8. The van der Waals surface area contributed by atoms with Crippen LogP contribution >= 0.6 is 0 Å². The molecule has 0 radical (unpaired) electrons. The molecule has 1 fully saturated rings. The van der Waals surface area contributed by atoms with E-state index in [2.05, 4.69) is 9.97 Å². The van der Waals surface area contributed by atoms with Gasteiger partial charge >= 0.3 is 5.69 Å². The second-order valence-electron chi connectivity index (χ2n) is 7.09. The Hall–Kier alpha value is -3.50. The lowest BCUT2D eigenvalue weighted by atomic mass is 10.2. The number of rotatable bonds is 5. The maximum absolute atomic E-state index is 12.8. The average Bonchev–Trinajstić information content (AvgIpc) is 3.13. The van der Waals surface area contributed by atoms with Crippen LogP contribution in [0.25, 0.3) is 5.69 Å². The van der Waals surface area contributed by atoms with Crippen LogP contribution in [-0.2, 0) is 11.3 Å². The Kier molecular flexibility index (Phi) is 5.59. The van der Waals surface area contributed by atoms with Gasteiger partial charge in [-0.25, -0.2) is 20.2 Å². The summed E-state index contributed by atoms with van der Waals surface area (Å²) in [6.07, 6.45) is 6.00. The zero-order chi connectivity index (χ0) is 21.1. The number of aryl methyl sites for hydroxylation is 1.